The number of aromatic nitrogens is 2. The number of hydrogen-bond donors (Lipinski definition) is 3. The lowest BCUT2D eigenvalue weighted by Crippen LogP contribution is -2.32. The Labute approximate surface area is 218 Å². The van der Waals surface area contributed by atoms with Gasteiger partial charge in [0.1, 0.15) is 17.9 Å². The average molecular weight is 525 g/mol. The number of pyridine rings is 1. The van der Waals surface area contributed by atoms with Crippen molar-refractivity contribution in [3.63, 3.8) is 0 Å². The summed E-state index contributed by atoms with van der Waals surface area (Å²) in [6.07, 6.45) is 6.15. The van der Waals surface area contributed by atoms with Crippen LogP contribution < -0.4 is 5.32 Å². The van der Waals surface area contributed by atoms with Crippen molar-refractivity contribution < 1.29 is 18.7 Å². The van der Waals surface area contributed by atoms with Crippen molar-refractivity contribution >= 4 is 28.4 Å². The molecule has 2 atom stereocenters. The van der Waals surface area contributed by atoms with Crippen molar-refractivity contribution in [2.75, 3.05) is 6.54 Å². The lowest BCUT2D eigenvalue weighted by atomic mass is 9.98. The first-order valence-corrected chi connectivity index (χ1v) is 12.6. The van der Waals surface area contributed by atoms with Gasteiger partial charge in [0, 0.05) is 59.8 Å². The Morgan fingerprint density at radius 3 is 2.84 bits per heavy atom. The normalized spacial score (nSPS) is 16.8. The minimum atomic E-state index is -0.627. The first kappa shape index (κ1) is 25.3. The van der Waals surface area contributed by atoms with Crippen molar-refractivity contribution in [1.29, 1.82) is 0 Å². The summed E-state index contributed by atoms with van der Waals surface area (Å²) in [4.78, 5) is 21.7. The highest BCUT2D eigenvalue weighted by molar-refractivity contribution is 6.35. The Bertz CT molecular complexity index is 1460. The van der Waals surface area contributed by atoms with E-state index in [1.54, 1.807) is 37.5 Å². The first-order chi connectivity index (χ1) is 17.8. The van der Waals surface area contributed by atoms with Gasteiger partial charge in [-0.05, 0) is 61.6 Å². The second-order valence-corrected chi connectivity index (χ2v) is 9.86. The Kier molecular flexibility index (Phi) is 7.24. The Hall–Kier alpha value is -3.33. The van der Waals surface area contributed by atoms with E-state index in [4.69, 9.17) is 11.6 Å². The molecule has 0 bridgehead atoms. The van der Waals surface area contributed by atoms with Crippen LogP contribution in [-0.2, 0) is 13.0 Å². The van der Waals surface area contributed by atoms with Crippen LogP contribution in [0.25, 0.3) is 10.9 Å². The molecule has 0 aliphatic carbocycles. The third-order valence-corrected chi connectivity index (χ3v) is 7.21. The van der Waals surface area contributed by atoms with Gasteiger partial charge in [0.2, 0.25) is 0 Å². The molecule has 9 heteroatoms. The van der Waals surface area contributed by atoms with E-state index in [0.717, 1.165) is 30.5 Å². The van der Waals surface area contributed by atoms with Crippen LogP contribution >= 0.6 is 11.6 Å². The number of hydrogen-bond acceptors (Lipinski definition) is 4. The van der Waals surface area contributed by atoms with Crippen molar-refractivity contribution in [2.24, 2.45) is 0 Å². The minimum absolute atomic E-state index is 0.0103. The summed E-state index contributed by atoms with van der Waals surface area (Å²) >= 11 is 6.12. The Morgan fingerprint density at radius 1 is 1.22 bits per heavy atom. The summed E-state index contributed by atoms with van der Waals surface area (Å²) in [7, 11) is 0. The lowest BCUT2D eigenvalue weighted by molar-refractivity contribution is 0.00837. The number of benzene rings is 2. The summed E-state index contributed by atoms with van der Waals surface area (Å²) in [5, 5.41) is 13.9. The number of aliphatic hydroxyl groups is 1. The molecule has 1 amide bonds. The van der Waals surface area contributed by atoms with Gasteiger partial charge < -0.3 is 15.4 Å². The molecule has 1 aliphatic rings. The number of nitrogens with zero attached hydrogens (tertiary/aromatic N) is 2. The standard InChI is InChI=1S/C28H27ClF2N4O2/c1-16(36)35-6-2-3-27(35)21-5-4-17(9-25(21)31)7-18-8-20(13-32-12-18)28(37)34-14-19-10-22-23(29)15-33-26(22)11-24(19)30/h4-5,8-13,15-16,27,33,36H,2-3,6-7,14H2,1H3,(H,34,37). The highest BCUT2D eigenvalue weighted by Gasteiger charge is 2.30. The van der Waals surface area contributed by atoms with Gasteiger partial charge in [0.15, 0.2) is 0 Å². The number of rotatable bonds is 7. The molecule has 0 spiro atoms. The van der Waals surface area contributed by atoms with Crippen LogP contribution in [0, 0.1) is 11.6 Å². The molecule has 1 fully saturated rings. The van der Waals surface area contributed by atoms with Crippen LogP contribution in [0.5, 0.6) is 0 Å². The number of likely N-dealkylation sites (tertiary alicyclic amines) is 1. The number of amides is 1. The molecule has 3 N–H and O–H groups in total. The highest BCUT2D eigenvalue weighted by atomic mass is 35.5. The average Bonchev–Trinajstić information content (AvgIpc) is 3.50. The molecule has 2 aromatic carbocycles. The number of H-pyrrole nitrogens is 1. The molecule has 1 aliphatic heterocycles. The van der Waals surface area contributed by atoms with Crippen LogP contribution in [0.2, 0.25) is 5.02 Å². The monoisotopic (exact) mass is 524 g/mol. The largest absolute Gasteiger partial charge is 0.379 e. The maximum atomic E-state index is 15.0. The summed E-state index contributed by atoms with van der Waals surface area (Å²) in [6.45, 7) is 2.43. The molecule has 37 heavy (non-hydrogen) atoms. The maximum Gasteiger partial charge on any atom is 0.253 e. The zero-order valence-electron chi connectivity index (χ0n) is 20.3. The third kappa shape index (κ3) is 5.37. The van der Waals surface area contributed by atoms with E-state index in [2.05, 4.69) is 15.3 Å². The molecular weight excluding hydrogens is 498 g/mol. The lowest BCUT2D eigenvalue weighted by Gasteiger charge is -2.27. The van der Waals surface area contributed by atoms with Gasteiger partial charge >= 0.3 is 0 Å². The fourth-order valence-electron chi connectivity index (χ4n) is 5.03. The van der Waals surface area contributed by atoms with Crippen LogP contribution in [0.3, 0.4) is 0 Å². The Morgan fingerprint density at radius 2 is 2.05 bits per heavy atom. The van der Waals surface area contributed by atoms with Crippen molar-refractivity contribution in [1.82, 2.24) is 20.2 Å². The van der Waals surface area contributed by atoms with Gasteiger partial charge in [-0.25, -0.2) is 8.78 Å². The molecular formula is C28H27ClF2N4O2. The quantitative estimate of drug-likeness (QED) is 0.298. The molecule has 4 aromatic rings. The zero-order chi connectivity index (χ0) is 26.1. The van der Waals surface area contributed by atoms with Gasteiger partial charge in [-0.1, -0.05) is 23.7 Å². The van der Waals surface area contributed by atoms with E-state index in [1.807, 2.05) is 11.0 Å². The van der Waals surface area contributed by atoms with Crippen LogP contribution in [0.1, 0.15) is 58.4 Å². The number of nitrogens with one attached hydrogen (secondary N) is 2. The molecule has 0 radical (unpaired) electrons. The van der Waals surface area contributed by atoms with E-state index in [1.165, 1.54) is 18.3 Å². The van der Waals surface area contributed by atoms with Gasteiger partial charge in [0.25, 0.3) is 5.91 Å². The molecule has 2 aromatic heterocycles. The predicted octanol–water partition coefficient (Wildman–Crippen LogP) is 5.49. The molecule has 1 saturated heterocycles. The Balaban J connectivity index is 1.26. The fourth-order valence-corrected chi connectivity index (χ4v) is 5.24. The fraction of sp³-hybridized carbons (Fsp3) is 0.286. The number of carbonyl (C=O) groups is 1. The summed E-state index contributed by atoms with van der Waals surface area (Å²) in [5.41, 5.74) is 3.31. The number of aliphatic hydroxyl groups excluding tert-OH is 1. The van der Waals surface area contributed by atoms with Gasteiger partial charge in [0.05, 0.1) is 10.6 Å². The molecule has 3 heterocycles. The zero-order valence-corrected chi connectivity index (χ0v) is 21.0. The topological polar surface area (TPSA) is 81.2 Å². The van der Waals surface area contributed by atoms with Crippen molar-refractivity contribution in [3.8, 4) is 0 Å². The van der Waals surface area contributed by atoms with Crippen LogP contribution in [0.4, 0.5) is 8.78 Å². The maximum absolute atomic E-state index is 15.0. The van der Waals surface area contributed by atoms with Crippen molar-refractivity contribution in [2.45, 2.75) is 45.0 Å². The van der Waals surface area contributed by atoms with E-state index < -0.39 is 18.0 Å². The summed E-state index contributed by atoms with van der Waals surface area (Å²) in [5.74, 6) is -1.15. The smallest absolute Gasteiger partial charge is 0.253 e. The molecule has 192 valence electrons. The van der Waals surface area contributed by atoms with Crippen LogP contribution in [0.15, 0.2) is 55.0 Å². The van der Waals surface area contributed by atoms with Gasteiger partial charge in [-0.15, -0.1) is 0 Å². The summed E-state index contributed by atoms with van der Waals surface area (Å²) in [6, 6.07) is 9.68. The number of halogens is 3. The molecule has 0 saturated carbocycles. The van der Waals surface area contributed by atoms with E-state index >= 15 is 4.39 Å². The SMILES string of the molecule is CC(O)N1CCCC1c1ccc(Cc2cncc(C(=O)NCc3cc4c(Cl)c[nH]c4cc3F)c2)cc1F. The third-order valence-electron chi connectivity index (χ3n) is 6.90. The minimum Gasteiger partial charge on any atom is -0.379 e. The van der Waals surface area contributed by atoms with E-state index in [-0.39, 0.29) is 18.4 Å². The number of carbonyl (C=O) groups excluding carboxylic acids is 1. The van der Waals surface area contributed by atoms with E-state index in [0.29, 0.717) is 39.0 Å². The second kappa shape index (κ2) is 10.6. The number of fused-ring (bicyclic) bond motifs is 1. The molecule has 5 rings (SSSR count). The van der Waals surface area contributed by atoms with Gasteiger partial charge in [-0.2, -0.15) is 0 Å². The van der Waals surface area contributed by atoms with E-state index in [9.17, 15) is 14.3 Å². The highest BCUT2D eigenvalue weighted by Crippen LogP contribution is 2.35. The molecule has 6 nitrogen and oxygen atoms in total. The molecule has 2 unspecified atom stereocenters. The van der Waals surface area contributed by atoms with Crippen molar-refractivity contribution in [3.05, 3.63) is 99.5 Å². The van der Waals surface area contributed by atoms with Gasteiger partial charge in [-0.3, -0.25) is 14.7 Å². The second-order valence-electron chi connectivity index (χ2n) is 9.45. The number of aromatic amines is 1. The van der Waals surface area contributed by atoms with Crippen LogP contribution in [-0.4, -0.2) is 38.7 Å². The summed E-state index contributed by atoms with van der Waals surface area (Å²) < 4.78 is 29.5. The first-order valence-electron chi connectivity index (χ1n) is 12.2. The predicted molar refractivity (Wildman–Crippen MR) is 138 cm³/mol.